The Morgan fingerprint density at radius 1 is 1.30 bits per heavy atom. The lowest BCUT2D eigenvalue weighted by molar-refractivity contribution is -0.136. The van der Waals surface area contributed by atoms with Gasteiger partial charge in [0.25, 0.3) is 0 Å². The number of aryl methyl sites for hydroxylation is 1. The highest BCUT2D eigenvalue weighted by atomic mass is 16.2. The summed E-state index contributed by atoms with van der Waals surface area (Å²) in [5.74, 6) is 0.736. The Labute approximate surface area is 139 Å². The zero-order valence-electron chi connectivity index (χ0n) is 14.2. The SMILES string of the molecule is CCCN(C(=O)C1CC12CCNCC2)C1CCc2ccccc21. The average molecular weight is 312 g/mol. The summed E-state index contributed by atoms with van der Waals surface area (Å²) in [6.07, 6.45) is 6.77. The van der Waals surface area contributed by atoms with Gasteiger partial charge in [0, 0.05) is 12.5 Å². The number of nitrogens with one attached hydrogen (secondary N) is 1. The summed E-state index contributed by atoms with van der Waals surface area (Å²) >= 11 is 0. The lowest BCUT2D eigenvalue weighted by Crippen LogP contribution is -2.38. The van der Waals surface area contributed by atoms with Crippen LogP contribution in [0.1, 0.15) is 56.2 Å². The molecule has 1 aromatic rings. The molecule has 3 heteroatoms. The molecule has 3 nitrogen and oxygen atoms in total. The first-order valence-electron chi connectivity index (χ1n) is 9.34. The van der Waals surface area contributed by atoms with Gasteiger partial charge >= 0.3 is 0 Å². The molecule has 0 aromatic heterocycles. The van der Waals surface area contributed by atoms with Gasteiger partial charge in [0.15, 0.2) is 0 Å². The Morgan fingerprint density at radius 2 is 2.09 bits per heavy atom. The largest absolute Gasteiger partial charge is 0.335 e. The van der Waals surface area contributed by atoms with Crippen LogP contribution in [0.5, 0.6) is 0 Å². The molecule has 1 aromatic carbocycles. The molecule has 0 bridgehead atoms. The molecule has 2 unspecified atom stereocenters. The van der Waals surface area contributed by atoms with E-state index in [1.54, 1.807) is 0 Å². The summed E-state index contributed by atoms with van der Waals surface area (Å²) in [7, 11) is 0. The van der Waals surface area contributed by atoms with Crippen LogP contribution in [0.15, 0.2) is 24.3 Å². The lowest BCUT2D eigenvalue weighted by atomic mass is 9.91. The van der Waals surface area contributed by atoms with Gasteiger partial charge in [-0.25, -0.2) is 0 Å². The summed E-state index contributed by atoms with van der Waals surface area (Å²) in [6, 6.07) is 9.03. The van der Waals surface area contributed by atoms with E-state index in [2.05, 4.69) is 41.4 Å². The number of benzene rings is 1. The Kier molecular flexibility index (Phi) is 3.92. The fourth-order valence-electron chi connectivity index (χ4n) is 4.89. The van der Waals surface area contributed by atoms with Crippen LogP contribution in [-0.2, 0) is 11.2 Å². The molecule has 2 fully saturated rings. The molecule has 1 amide bonds. The fraction of sp³-hybridized carbons (Fsp3) is 0.650. The first-order valence-corrected chi connectivity index (χ1v) is 9.34. The summed E-state index contributed by atoms with van der Waals surface area (Å²) in [5, 5.41) is 3.44. The molecular weight excluding hydrogens is 284 g/mol. The van der Waals surface area contributed by atoms with Crippen molar-refractivity contribution < 1.29 is 4.79 Å². The second-order valence-electron chi connectivity index (χ2n) is 7.65. The second kappa shape index (κ2) is 5.94. The van der Waals surface area contributed by atoms with Gasteiger partial charge in [-0.2, -0.15) is 0 Å². The second-order valence-corrected chi connectivity index (χ2v) is 7.65. The molecule has 2 atom stereocenters. The van der Waals surface area contributed by atoms with E-state index in [-0.39, 0.29) is 0 Å². The number of hydrogen-bond acceptors (Lipinski definition) is 2. The third kappa shape index (κ3) is 2.59. The van der Waals surface area contributed by atoms with Gasteiger partial charge in [0.2, 0.25) is 5.91 Å². The number of amides is 1. The van der Waals surface area contributed by atoms with Gasteiger partial charge < -0.3 is 10.2 Å². The zero-order chi connectivity index (χ0) is 15.9. The molecule has 1 N–H and O–H groups in total. The van der Waals surface area contributed by atoms with Crippen LogP contribution in [0.2, 0.25) is 0 Å². The topological polar surface area (TPSA) is 32.3 Å². The molecule has 1 heterocycles. The highest BCUT2D eigenvalue weighted by molar-refractivity contribution is 5.83. The molecule has 0 radical (unpaired) electrons. The summed E-state index contributed by atoms with van der Waals surface area (Å²) < 4.78 is 0. The van der Waals surface area contributed by atoms with Gasteiger partial charge in [0.1, 0.15) is 0 Å². The van der Waals surface area contributed by atoms with Crippen molar-refractivity contribution in [1.29, 1.82) is 0 Å². The number of rotatable bonds is 4. The molecule has 3 aliphatic rings. The van der Waals surface area contributed by atoms with E-state index in [0.717, 1.165) is 45.3 Å². The highest BCUT2D eigenvalue weighted by Gasteiger charge is 2.59. The summed E-state index contributed by atoms with van der Waals surface area (Å²) in [6.45, 7) is 5.27. The van der Waals surface area contributed by atoms with E-state index < -0.39 is 0 Å². The van der Waals surface area contributed by atoms with Crippen LogP contribution >= 0.6 is 0 Å². The predicted molar refractivity (Wildman–Crippen MR) is 92.2 cm³/mol. The summed E-state index contributed by atoms with van der Waals surface area (Å²) in [5.41, 5.74) is 3.18. The third-order valence-electron chi connectivity index (χ3n) is 6.31. The van der Waals surface area contributed by atoms with Crippen molar-refractivity contribution in [3.8, 4) is 0 Å². The predicted octanol–water partition coefficient (Wildman–Crippen LogP) is 3.30. The molecule has 1 saturated carbocycles. The molecule has 1 aliphatic heterocycles. The fourth-order valence-corrected chi connectivity index (χ4v) is 4.89. The maximum Gasteiger partial charge on any atom is 0.226 e. The van der Waals surface area contributed by atoms with Crippen LogP contribution in [-0.4, -0.2) is 30.4 Å². The van der Waals surface area contributed by atoms with Crippen molar-refractivity contribution in [3.05, 3.63) is 35.4 Å². The van der Waals surface area contributed by atoms with Gasteiger partial charge in [0.05, 0.1) is 6.04 Å². The van der Waals surface area contributed by atoms with Gasteiger partial charge in [-0.05, 0) is 68.2 Å². The van der Waals surface area contributed by atoms with Crippen LogP contribution in [0.3, 0.4) is 0 Å². The van der Waals surface area contributed by atoms with E-state index in [9.17, 15) is 4.79 Å². The van der Waals surface area contributed by atoms with Crippen molar-refractivity contribution in [1.82, 2.24) is 10.2 Å². The minimum atomic E-state index is 0.295. The van der Waals surface area contributed by atoms with Gasteiger partial charge in [-0.15, -0.1) is 0 Å². The van der Waals surface area contributed by atoms with E-state index in [4.69, 9.17) is 0 Å². The van der Waals surface area contributed by atoms with Crippen LogP contribution in [0.4, 0.5) is 0 Å². The summed E-state index contributed by atoms with van der Waals surface area (Å²) in [4.78, 5) is 15.5. The van der Waals surface area contributed by atoms with Crippen molar-refractivity contribution in [3.63, 3.8) is 0 Å². The van der Waals surface area contributed by atoms with Gasteiger partial charge in [-0.3, -0.25) is 4.79 Å². The molecule has 1 saturated heterocycles. The van der Waals surface area contributed by atoms with Crippen LogP contribution < -0.4 is 5.32 Å². The van der Waals surface area contributed by atoms with Crippen molar-refractivity contribution in [2.24, 2.45) is 11.3 Å². The van der Waals surface area contributed by atoms with E-state index in [1.807, 2.05) is 0 Å². The highest BCUT2D eigenvalue weighted by Crippen LogP contribution is 2.59. The van der Waals surface area contributed by atoms with E-state index in [0.29, 0.717) is 23.3 Å². The number of hydrogen-bond donors (Lipinski definition) is 1. The normalized spacial score (nSPS) is 27.7. The quantitative estimate of drug-likeness (QED) is 0.925. The number of piperidine rings is 1. The van der Waals surface area contributed by atoms with E-state index in [1.165, 1.54) is 24.0 Å². The van der Waals surface area contributed by atoms with Gasteiger partial charge in [-0.1, -0.05) is 31.2 Å². The maximum absolute atomic E-state index is 13.3. The van der Waals surface area contributed by atoms with Crippen LogP contribution in [0, 0.1) is 11.3 Å². The van der Waals surface area contributed by atoms with Crippen LogP contribution in [0.25, 0.3) is 0 Å². The Morgan fingerprint density at radius 3 is 2.87 bits per heavy atom. The third-order valence-corrected chi connectivity index (χ3v) is 6.31. The molecule has 23 heavy (non-hydrogen) atoms. The number of nitrogens with zero attached hydrogens (tertiary/aromatic N) is 1. The zero-order valence-corrected chi connectivity index (χ0v) is 14.2. The Bertz CT molecular complexity index is 591. The molecule has 124 valence electrons. The molecule has 2 aliphatic carbocycles. The van der Waals surface area contributed by atoms with Crippen molar-refractivity contribution in [2.75, 3.05) is 19.6 Å². The minimum Gasteiger partial charge on any atom is -0.335 e. The smallest absolute Gasteiger partial charge is 0.226 e. The monoisotopic (exact) mass is 312 g/mol. The molecular formula is C20H28N2O. The number of fused-ring (bicyclic) bond motifs is 1. The molecule has 4 rings (SSSR count). The lowest BCUT2D eigenvalue weighted by Gasteiger charge is -2.31. The van der Waals surface area contributed by atoms with Crippen molar-refractivity contribution in [2.45, 2.75) is 51.5 Å². The van der Waals surface area contributed by atoms with Crippen molar-refractivity contribution >= 4 is 5.91 Å². The van der Waals surface area contributed by atoms with E-state index >= 15 is 0 Å². The Balaban J connectivity index is 1.54. The standard InChI is InChI=1S/C20H28N2O/c1-2-13-22(18-8-7-15-5-3-4-6-16(15)18)19(23)17-14-20(17)9-11-21-12-10-20/h3-6,17-18,21H,2,7-14H2,1H3. The first kappa shape index (κ1) is 15.2. The molecule has 1 spiro atoms. The number of carbonyl (C=O) groups is 1. The maximum atomic E-state index is 13.3. The minimum absolute atomic E-state index is 0.295. The average Bonchev–Trinajstić information content (AvgIpc) is 3.10. The number of carbonyl (C=O) groups excluding carboxylic acids is 1. The Hall–Kier alpha value is -1.35. The first-order chi connectivity index (χ1) is 11.2.